The van der Waals surface area contributed by atoms with Crippen LogP contribution >= 0.6 is 0 Å². The molecule has 0 spiro atoms. The van der Waals surface area contributed by atoms with Crippen molar-refractivity contribution in [1.82, 2.24) is 0 Å². The number of nitrogens with zero attached hydrogens (tertiary/aromatic N) is 1. The van der Waals surface area contributed by atoms with E-state index in [-0.39, 0.29) is 12.4 Å². The summed E-state index contributed by atoms with van der Waals surface area (Å²) in [6, 6.07) is 1.93. The van der Waals surface area contributed by atoms with Crippen molar-refractivity contribution in [3.8, 4) is 0 Å². The predicted molar refractivity (Wildman–Crippen MR) is 171 cm³/mol. The molecule has 0 amide bonds. The minimum absolute atomic E-state index is 0.195. The van der Waals surface area contributed by atoms with E-state index >= 15 is 0 Å². The van der Waals surface area contributed by atoms with Gasteiger partial charge in [0.05, 0.1) is 39.5 Å². The first-order valence-corrected chi connectivity index (χ1v) is 27.6. The first-order chi connectivity index (χ1) is 17.9. The van der Waals surface area contributed by atoms with Crippen molar-refractivity contribution in [2.24, 2.45) is 0 Å². The molecule has 0 rings (SSSR count). The van der Waals surface area contributed by atoms with Crippen LogP contribution in [-0.4, -0.2) is 110 Å². The van der Waals surface area contributed by atoms with Crippen LogP contribution in [0.5, 0.6) is 0 Å². The minimum atomic E-state index is -3.91. The van der Waals surface area contributed by atoms with E-state index in [2.05, 4.69) is 73.1 Å². The third kappa shape index (κ3) is 21.5. The topological polar surface area (TPSA) is 118 Å². The Balaban J connectivity index is 4.60. The fourth-order valence-electron chi connectivity index (χ4n) is 4.80. The first kappa shape index (κ1) is 39.8. The number of rotatable bonds is 22. The number of hydrogen-bond donors (Lipinski definition) is 1. The van der Waals surface area contributed by atoms with E-state index in [1.807, 2.05) is 0 Å². The Kier molecular flexibility index (Phi) is 16.5. The third-order valence-electron chi connectivity index (χ3n) is 6.12. The van der Waals surface area contributed by atoms with Crippen molar-refractivity contribution >= 4 is 49.8 Å². The second kappa shape index (κ2) is 16.6. The molecular weight excluding hydrogens is 603 g/mol. The molecule has 1 N–H and O–H groups in total. The van der Waals surface area contributed by atoms with E-state index in [0.717, 1.165) is 31.5 Å². The van der Waals surface area contributed by atoms with Crippen LogP contribution in [0.2, 0.25) is 64.5 Å². The Bertz CT molecular complexity index is 910. The van der Waals surface area contributed by atoms with Gasteiger partial charge in [-0.2, -0.15) is 8.42 Å². The zero-order valence-electron chi connectivity index (χ0n) is 27.1. The molecule has 0 unspecified atom stereocenters. The lowest BCUT2D eigenvalue weighted by molar-refractivity contribution is -0.890. The Morgan fingerprint density at radius 1 is 0.775 bits per heavy atom. The van der Waals surface area contributed by atoms with Crippen LogP contribution in [-0.2, 0) is 36.7 Å². The molecule has 15 heteroatoms. The lowest BCUT2D eigenvalue weighted by Gasteiger charge is -2.41. The van der Waals surface area contributed by atoms with E-state index in [4.69, 9.17) is 26.4 Å². The molecule has 0 radical (unpaired) electrons. The van der Waals surface area contributed by atoms with Crippen molar-refractivity contribution in [2.75, 3.05) is 52.8 Å². The number of hydrogen-bond acceptors (Lipinski definition) is 8. The molecule has 0 bridgehead atoms. The van der Waals surface area contributed by atoms with Gasteiger partial charge in [0, 0.05) is 18.6 Å². The van der Waals surface area contributed by atoms with Gasteiger partial charge in [-0.25, -0.2) is 4.79 Å². The number of carbonyl (C=O) groups excluding carboxylic acids is 1. The maximum Gasteiger partial charge on any atom is 0.333 e. The highest BCUT2D eigenvalue weighted by atomic mass is 32.2. The van der Waals surface area contributed by atoms with Gasteiger partial charge in [0.15, 0.2) is 16.6 Å². The molecule has 0 aliphatic heterocycles. The predicted octanol–water partition coefficient (Wildman–Crippen LogP) is 5.12. The Morgan fingerprint density at radius 3 is 1.73 bits per heavy atom. The molecule has 0 heterocycles. The second-order valence-electron chi connectivity index (χ2n) is 13.4. The fraction of sp³-hybridized carbons (Fsp3) is 0.880. The second-order valence-corrected chi connectivity index (χ2v) is 31.0. The smallest absolute Gasteiger partial charge is 0.333 e. The molecular formula is C25H58NO9SSi4+. The van der Waals surface area contributed by atoms with Gasteiger partial charge in [0.25, 0.3) is 10.1 Å². The zero-order valence-corrected chi connectivity index (χ0v) is 31.9. The zero-order chi connectivity index (χ0) is 31.5. The molecule has 0 aliphatic rings. The summed E-state index contributed by atoms with van der Waals surface area (Å²) in [7, 11) is -8.57. The van der Waals surface area contributed by atoms with Crippen molar-refractivity contribution in [1.29, 1.82) is 0 Å². The van der Waals surface area contributed by atoms with Crippen LogP contribution in [0.25, 0.3) is 0 Å². The molecule has 0 aromatic heterocycles. The van der Waals surface area contributed by atoms with Gasteiger partial charge in [0.2, 0.25) is 0 Å². The van der Waals surface area contributed by atoms with Crippen molar-refractivity contribution < 1.29 is 44.1 Å². The maximum atomic E-state index is 11.4. The molecule has 10 nitrogen and oxygen atoms in total. The summed E-state index contributed by atoms with van der Waals surface area (Å²) >= 11 is 0. The van der Waals surface area contributed by atoms with Crippen LogP contribution < -0.4 is 0 Å². The molecule has 0 aromatic carbocycles. The standard InChI is InChI=1S/C25H57NO9SSi4/c1-24(2)25(27)32-20-19-31-18-15-23-38(7,8)34-40(11,12)35-39(9,10)33-37(5,6)22-14-17-26(3,4)16-13-21-36(28,29)30/h1,13-23H2,2-12H3/p+1. The number of esters is 1. The summed E-state index contributed by atoms with van der Waals surface area (Å²) in [5.41, 5.74) is 0.383. The maximum absolute atomic E-state index is 11.4. The normalized spacial score (nSPS) is 13.9. The Hall–Kier alpha value is -0.212. The highest BCUT2D eigenvalue weighted by Crippen LogP contribution is 2.27. The van der Waals surface area contributed by atoms with E-state index in [9.17, 15) is 13.2 Å². The molecule has 0 saturated heterocycles. The highest BCUT2D eigenvalue weighted by molar-refractivity contribution is 7.85. The van der Waals surface area contributed by atoms with Crippen LogP contribution in [0, 0.1) is 0 Å². The highest BCUT2D eigenvalue weighted by Gasteiger charge is 2.43. The summed E-state index contributed by atoms with van der Waals surface area (Å²) in [6.07, 6.45) is 2.30. The molecule has 0 saturated carbocycles. The molecule has 0 fully saturated rings. The van der Waals surface area contributed by atoms with Crippen molar-refractivity contribution in [2.45, 2.75) is 90.7 Å². The lowest BCUT2D eigenvalue weighted by Crippen LogP contribution is -2.56. The van der Waals surface area contributed by atoms with Gasteiger partial charge in [0.1, 0.15) is 6.61 Å². The summed E-state index contributed by atoms with van der Waals surface area (Å²) in [4.78, 5) is 11.4. The van der Waals surface area contributed by atoms with Crippen LogP contribution in [0.1, 0.15) is 26.2 Å². The molecule has 40 heavy (non-hydrogen) atoms. The molecule has 0 aromatic rings. The van der Waals surface area contributed by atoms with Gasteiger partial charge in [-0.1, -0.05) is 6.58 Å². The van der Waals surface area contributed by atoms with E-state index < -0.39 is 49.8 Å². The summed E-state index contributed by atoms with van der Waals surface area (Å²) < 4.78 is 62.4. The van der Waals surface area contributed by atoms with Gasteiger partial charge in [-0.05, 0) is 84.2 Å². The number of quaternary nitrogens is 1. The van der Waals surface area contributed by atoms with Gasteiger partial charge in [-0.15, -0.1) is 0 Å². The fourth-order valence-corrected chi connectivity index (χ4v) is 24.6. The summed E-state index contributed by atoms with van der Waals surface area (Å²) in [6.45, 7) is 25.3. The largest absolute Gasteiger partial charge is 0.460 e. The van der Waals surface area contributed by atoms with Crippen LogP contribution in [0.15, 0.2) is 12.2 Å². The van der Waals surface area contributed by atoms with E-state index in [1.165, 1.54) is 0 Å². The average molecular weight is 661 g/mol. The van der Waals surface area contributed by atoms with Crippen LogP contribution in [0.3, 0.4) is 0 Å². The third-order valence-corrected chi connectivity index (χ3v) is 22.3. The Morgan fingerprint density at radius 2 is 1.25 bits per heavy atom. The number of ether oxygens (including phenoxy) is 2. The minimum Gasteiger partial charge on any atom is -0.460 e. The van der Waals surface area contributed by atoms with Crippen molar-refractivity contribution in [3.05, 3.63) is 12.2 Å². The first-order valence-electron chi connectivity index (χ1n) is 14.1. The van der Waals surface area contributed by atoms with Gasteiger partial charge >= 0.3 is 23.1 Å². The van der Waals surface area contributed by atoms with Gasteiger partial charge in [-0.3, -0.25) is 4.55 Å². The molecule has 238 valence electrons. The summed E-state index contributed by atoms with van der Waals surface area (Å²) in [5.74, 6) is -0.590. The van der Waals surface area contributed by atoms with Crippen molar-refractivity contribution in [3.63, 3.8) is 0 Å². The van der Waals surface area contributed by atoms with E-state index in [0.29, 0.717) is 36.2 Å². The summed E-state index contributed by atoms with van der Waals surface area (Å²) in [5, 5.41) is 0. The molecule has 0 atom stereocenters. The monoisotopic (exact) mass is 660 g/mol. The number of carbonyl (C=O) groups is 1. The Labute approximate surface area is 248 Å². The van der Waals surface area contributed by atoms with Crippen LogP contribution in [0.4, 0.5) is 0 Å². The van der Waals surface area contributed by atoms with E-state index in [1.54, 1.807) is 6.92 Å². The molecule has 0 aliphatic carbocycles. The lowest BCUT2D eigenvalue weighted by atomic mass is 10.3. The quantitative estimate of drug-likeness (QED) is 0.0422. The van der Waals surface area contributed by atoms with Gasteiger partial charge < -0.3 is 26.3 Å². The SMILES string of the molecule is C=C(C)C(=O)OCCOCCC[Si](C)(C)O[Si](C)(C)O[Si](C)(C)O[Si](C)(C)CCC[N+](C)(C)CCCS(=O)(=O)O. The average Bonchev–Trinajstić information content (AvgIpc) is 2.68.